The number of para-hydroxylation sites is 2. The summed E-state index contributed by atoms with van der Waals surface area (Å²) in [7, 11) is 0. The van der Waals surface area contributed by atoms with Gasteiger partial charge in [0.15, 0.2) is 0 Å². The molecule has 4 rings (SSSR count). The minimum absolute atomic E-state index is 0.340. The van der Waals surface area contributed by atoms with Crippen LogP contribution >= 0.6 is 0 Å². The number of aryl methyl sites for hydroxylation is 2. The Kier molecular flexibility index (Phi) is 6.06. The van der Waals surface area contributed by atoms with Crippen molar-refractivity contribution >= 4 is 11.4 Å². The van der Waals surface area contributed by atoms with E-state index in [2.05, 4.69) is 62.4 Å². The summed E-state index contributed by atoms with van der Waals surface area (Å²) in [5.41, 5.74) is 20.6. The Labute approximate surface area is 184 Å². The second-order valence-corrected chi connectivity index (χ2v) is 7.98. The van der Waals surface area contributed by atoms with Crippen LogP contribution in [-0.2, 0) is 4.74 Å². The van der Waals surface area contributed by atoms with Crippen LogP contribution in [0.1, 0.15) is 45.6 Å². The lowest BCUT2D eigenvalue weighted by Crippen LogP contribution is -2.15. The molecule has 0 radical (unpaired) electrons. The molecule has 0 aliphatic heterocycles. The number of nitrogens with two attached hydrogens (primary N) is 2. The molecular weight excluding hydrogens is 380 g/mol. The van der Waals surface area contributed by atoms with Gasteiger partial charge in [0.25, 0.3) is 0 Å². The fourth-order valence-electron chi connectivity index (χ4n) is 3.78. The van der Waals surface area contributed by atoms with Crippen LogP contribution in [0.15, 0.2) is 97.1 Å². The molecule has 0 bridgehead atoms. The molecule has 0 saturated heterocycles. The SMILES string of the molecule is Cc1ccc(C(OC(c2ccc(C)cc2)c2ccccc2N)c2ccccc2N)cc1. The van der Waals surface area contributed by atoms with E-state index in [0.717, 1.165) is 22.3 Å². The highest BCUT2D eigenvalue weighted by Gasteiger charge is 2.25. The van der Waals surface area contributed by atoms with Gasteiger partial charge in [-0.15, -0.1) is 0 Å². The molecule has 4 N–H and O–H groups in total. The van der Waals surface area contributed by atoms with Gasteiger partial charge in [-0.25, -0.2) is 0 Å². The van der Waals surface area contributed by atoms with Crippen LogP contribution in [0, 0.1) is 13.8 Å². The fraction of sp³-hybridized carbons (Fsp3) is 0.143. The van der Waals surface area contributed by atoms with Crippen LogP contribution in [0.25, 0.3) is 0 Å². The van der Waals surface area contributed by atoms with Crippen LogP contribution in [-0.4, -0.2) is 0 Å². The van der Waals surface area contributed by atoms with Crippen LogP contribution in [0.3, 0.4) is 0 Å². The minimum atomic E-state index is -0.340. The van der Waals surface area contributed by atoms with Crippen LogP contribution in [0.5, 0.6) is 0 Å². The molecule has 0 spiro atoms. The Morgan fingerprint density at radius 2 is 0.871 bits per heavy atom. The Hall–Kier alpha value is -3.56. The molecule has 31 heavy (non-hydrogen) atoms. The van der Waals surface area contributed by atoms with E-state index in [4.69, 9.17) is 16.2 Å². The van der Waals surface area contributed by atoms with E-state index in [0.29, 0.717) is 11.4 Å². The average Bonchev–Trinajstić information content (AvgIpc) is 2.78. The normalized spacial score (nSPS) is 13.0. The highest BCUT2D eigenvalue weighted by molar-refractivity contribution is 5.53. The third kappa shape index (κ3) is 4.62. The topological polar surface area (TPSA) is 61.3 Å². The third-order valence-electron chi connectivity index (χ3n) is 5.59. The highest BCUT2D eigenvalue weighted by atomic mass is 16.5. The zero-order valence-electron chi connectivity index (χ0n) is 18.0. The molecule has 2 unspecified atom stereocenters. The first kappa shape index (κ1) is 20.7. The van der Waals surface area contributed by atoms with E-state index >= 15 is 0 Å². The summed E-state index contributed by atoms with van der Waals surface area (Å²) in [5, 5.41) is 0. The predicted molar refractivity (Wildman–Crippen MR) is 129 cm³/mol. The van der Waals surface area contributed by atoms with E-state index in [1.807, 2.05) is 48.5 Å². The van der Waals surface area contributed by atoms with E-state index in [1.165, 1.54) is 11.1 Å². The number of anilines is 2. The maximum absolute atomic E-state index is 6.88. The first-order valence-electron chi connectivity index (χ1n) is 10.5. The number of ether oxygens (including phenoxy) is 1. The maximum Gasteiger partial charge on any atom is 0.111 e. The van der Waals surface area contributed by atoms with Crippen molar-refractivity contribution in [1.82, 2.24) is 0 Å². The Morgan fingerprint density at radius 3 is 1.23 bits per heavy atom. The Balaban J connectivity index is 1.84. The second-order valence-electron chi connectivity index (χ2n) is 7.98. The van der Waals surface area contributed by atoms with Gasteiger partial charge in [0.2, 0.25) is 0 Å². The summed E-state index contributed by atoms with van der Waals surface area (Å²) in [6, 6.07) is 32.6. The molecular formula is C28H28N2O. The molecule has 4 aromatic carbocycles. The molecule has 0 fully saturated rings. The lowest BCUT2D eigenvalue weighted by molar-refractivity contribution is 0.0316. The lowest BCUT2D eigenvalue weighted by atomic mass is 9.95. The molecule has 0 saturated carbocycles. The summed E-state index contributed by atoms with van der Waals surface area (Å²) in [6.45, 7) is 4.16. The van der Waals surface area contributed by atoms with Crippen molar-refractivity contribution in [2.75, 3.05) is 11.5 Å². The summed E-state index contributed by atoms with van der Waals surface area (Å²) < 4.78 is 6.88. The molecule has 3 heteroatoms. The molecule has 0 amide bonds. The maximum atomic E-state index is 6.88. The quantitative estimate of drug-likeness (QED) is 0.365. The van der Waals surface area contributed by atoms with E-state index in [-0.39, 0.29) is 12.2 Å². The third-order valence-corrected chi connectivity index (χ3v) is 5.59. The molecule has 0 aromatic heterocycles. The molecule has 0 aliphatic rings. The molecule has 156 valence electrons. The highest BCUT2D eigenvalue weighted by Crippen LogP contribution is 2.39. The van der Waals surface area contributed by atoms with Crippen molar-refractivity contribution in [1.29, 1.82) is 0 Å². The first-order valence-corrected chi connectivity index (χ1v) is 10.5. The van der Waals surface area contributed by atoms with Crippen molar-refractivity contribution < 1.29 is 4.74 Å². The van der Waals surface area contributed by atoms with Gasteiger partial charge in [-0.2, -0.15) is 0 Å². The van der Waals surface area contributed by atoms with Gasteiger partial charge in [-0.1, -0.05) is 96.1 Å². The van der Waals surface area contributed by atoms with Crippen LogP contribution in [0.4, 0.5) is 11.4 Å². The van der Waals surface area contributed by atoms with Gasteiger partial charge < -0.3 is 16.2 Å². The number of rotatable bonds is 6. The van der Waals surface area contributed by atoms with E-state index in [1.54, 1.807) is 0 Å². The minimum Gasteiger partial charge on any atom is -0.398 e. The molecule has 0 aliphatic carbocycles. The monoisotopic (exact) mass is 408 g/mol. The second kappa shape index (κ2) is 9.07. The largest absolute Gasteiger partial charge is 0.398 e. The number of benzene rings is 4. The summed E-state index contributed by atoms with van der Waals surface area (Å²) in [4.78, 5) is 0. The van der Waals surface area contributed by atoms with Crippen molar-refractivity contribution in [3.63, 3.8) is 0 Å². The van der Waals surface area contributed by atoms with Crippen molar-refractivity contribution in [2.45, 2.75) is 26.1 Å². The Morgan fingerprint density at radius 1 is 0.516 bits per heavy atom. The van der Waals surface area contributed by atoms with Crippen LogP contribution < -0.4 is 11.5 Å². The molecule has 2 atom stereocenters. The van der Waals surface area contributed by atoms with Crippen molar-refractivity contribution in [3.8, 4) is 0 Å². The van der Waals surface area contributed by atoms with Crippen LogP contribution in [0.2, 0.25) is 0 Å². The van der Waals surface area contributed by atoms with Gasteiger partial charge >= 0.3 is 0 Å². The van der Waals surface area contributed by atoms with Gasteiger partial charge in [-0.3, -0.25) is 0 Å². The van der Waals surface area contributed by atoms with Crippen molar-refractivity contribution in [2.24, 2.45) is 0 Å². The number of hydrogen-bond acceptors (Lipinski definition) is 3. The summed E-state index contributed by atoms with van der Waals surface area (Å²) in [6.07, 6.45) is -0.680. The molecule has 0 heterocycles. The lowest BCUT2D eigenvalue weighted by Gasteiger charge is -2.28. The number of nitrogen functional groups attached to an aromatic ring is 2. The summed E-state index contributed by atoms with van der Waals surface area (Å²) >= 11 is 0. The number of hydrogen-bond donors (Lipinski definition) is 2. The van der Waals surface area contributed by atoms with Crippen molar-refractivity contribution in [3.05, 3.63) is 130 Å². The Bertz CT molecular complexity index is 1060. The average molecular weight is 409 g/mol. The van der Waals surface area contributed by atoms with Gasteiger partial charge in [0.05, 0.1) is 0 Å². The predicted octanol–water partition coefficient (Wildman–Crippen LogP) is 6.36. The smallest absolute Gasteiger partial charge is 0.111 e. The standard InChI is InChI=1S/C28H28N2O/c1-19-11-15-21(16-12-19)27(23-7-3-5-9-25(23)29)31-28(22-17-13-20(2)14-18-22)24-8-4-6-10-26(24)30/h3-18,27-28H,29-30H2,1-2H3. The van der Waals surface area contributed by atoms with Gasteiger partial charge in [0, 0.05) is 22.5 Å². The van der Waals surface area contributed by atoms with Gasteiger partial charge in [-0.05, 0) is 37.1 Å². The van der Waals surface area contributed by atoms with Gasteiger partial charge in [0.1, 0.15) is 12.2 Å². The van der Waals surface area contributed by atoms with E-state index in [9.17, 15) is 0 Å². The molecule has 4 aromatic rings. The molecule has 3 nitrogen and oxygen atoms in total. The zero-order chi connectivity index (χ0) is 21.8. The summed E-state index contributed by atoms with van der Waals surface area (Å²) in [5.74, 6) is 0. The van der Waals surface area contributed by atoms with E-state index < -0.39 is 0 Å². The fourth-order valence-corrected chi connectivity index (χ4v) is 3.78. The first-order chi connectivity index (χ1) is 15.0. The zero-order valence-corrected chi connectivity index (χ0v) is 18.0.